The molecule has 1 saturated heterocycles. The molecule has 0 bridgehead atoms. The molecule has 0 saturated carbocycles. The first-order valence-corrected chi connectivity index (χ1v) is 7.39. The average Bonchev–Trinajstić information content (AvgIpc) is 2.35. The van der Waals surface area contributed by atoms with Gasteiger partial charge in [-0.05, 0) is 30.7 Å². The molecule has 1 aromatic carbocycles. The van der Waals surface area contributed by atoms with Gasteiger partial charge in [0.05, 0.1) is 6.54 Å². The Balaban J connectivity index is 1.97. The molecule has 1 heterocycles. The lowest BCUT2D eigenvalue weighted by Crippen LogP contribution is -2.50. The lowest BCUT2D eigenvalue weighted by Gasteiger charge is -2.35. The van der Waals surface area contributed by atoms with Crippen LogP contribution >= 0.6 is 15.9 Å². The van der Waals surface area contributed by atoms with Crippen LogP contribution in [0.4, 0.5) is 13.2 Å². The third kappa shape index (κ3) is 4.71. The first-order chi connectivity index (χ1) is 9.74. The Kier molecular flexibility index (Phi) is 4.93. The van der Waals surface area contributed by atoms with Gasteiger partial charge >= 0.3 is 6.18 Å². The van der Waals surface area contributed by atoms with Crippen molar-refractivity contribution in [2.24, 2.45) is 0 Å². The van der Waals surface area contributed by atoms with E-state index >= 15 is 0 Å². The van der Waals surface area contributed by atoms with Crippen molar-refractivity contribution < 1.29 is 18.0 Å². The number of nitrogens with zero attached hydrogens (tertiary/aromatic N) is 2. The highest BCUT2D eigenvalue weighted by Crippen LogP contribution is 2.20. The summed E-state index contributed by atoms with van der Waals surface area (Å²) in [5, 5.41) is 0. The van der Waals surface area contributed by atoms with Crippen LogP contribution in [0.3, 0.4) is 0 Å². The van der Waals surface area contributed by atoms with E-state index in [1.807, 2.05) is 13.0 Å². The Bertz CT molecular complexity index is 505. The number of alkyl halides is 3. The molecule has 0 aliphatic carbocycles. The third-order valence-electron chi connectivity index (χ3n) is 3.35. The zero-order valence-corrected chi connectivity index (χ0v) is 13.2. The Hall–Kier alpha value is -1.08. The molecule has 1 aliphatic rings. The number of amides is 1. The van der Waals surface area contributed by atoms with Crippen molar-refractivity contribution in [1.29, 1.82) is 0 Å². The number of halogens is 4. The van der Waals surface area contributed by atoms with E-state index in [0.29, 0.717) is 18.7 Å². The van der Waals surface area contributed by atoms with Gasteiger partial charge in [0.1, 0.15) is 0 Å². The molecule has 0 radical (unpaired) electrons. The first kappa shape index (κ1) is 16.3. The summed E-state index contributed by atoms with van der Waals surface area (Å²) in [4.78, 5) is 15.3. The molecule has 7 heteroatoms. The van der Waals surface area contributed by atoms with Gasteiger partial charge in [-0.25, -0.2) is 0 Å². The maximum atomic E-state index is 12.4. The number of rotatable bonds is 2. The monoisotopic (exact) mass is 364 g/mol. The van der Waals surface area contributed by atoms with E-state index in [1.54, 1.807) is 17.0 Å². The molecule has 0 atom stereocenters. The quantitative estimate of drug-likeness (QED) is 0.804. The maximum Gasteiger partial charge on any atom is 0.401 e. The van der Waals surface area contributed by atoms with Gasteiger partial charge in [0.25, 0.3) is 5.91 Å². The Labute approximate surface area is 129 Å². The SMILES string of the molecule is Cc1cc(Br)cc(C(=O)N2CCN(CC(F)(F)F)CC2)c1. The molecule has 3 nitrogen and oxygen atoms in total. The standard InChI is InChI=1S/C14H16BrF3N2O/c1-10-6-11(8-12(15)7-10)13(21)20-4-2-19(3-5-20)9-14(16,17)18/h6-8H,2-5,9H2,1H3. The Morgan fingerprint density at radius 3 is 2.33 bits per heavy atom. The number of aryl methyl sites for hydroxylation is 1. The van der Waals surface area contributed by atoms with Crippen LogP contribution < -0.4 is 0 Å². The number of benzene rings is 1. The highest BCUT2D eigenvalue weighted by Gasteiger charge is 2.33. The van der Waals surface area contributed by atoms with Gasteiger partial charge in [-0.1, -0.05) is 15.9 Å². The molecule has 1 aliphatic heterocycles. The summed E-state index contributed by atoms with van der Waals surface area (Å²) < 4.78 is 37.8. The molecule has 0 unspecified atom stereocenters. The second-order valence-corrected chi connectivity index (χ2v) is 6.12. The van der Waals surface area contributed by atoms with Crippen molar-refractivity contribution in [2.45, 2.75) is 13.1 Å². The molecular weight excluding hydrogens is 349 g/mol. The number of hydrogen-bond donors (Lipinski definition) is 0. The van der Waals surface area contributed by atoms with Crippen molar-refractivity contribution in [3.05, 3.63) is 33.8 Å². The van der Waals surface area contributed by atoms with E-state index in [0.717, 1.165) is 10.0 Å². The van der Waals surface area contributed by atoms with Crippen molar-refractivity contribution in [2.75, 3.05) is 32.7 Å². The lowest BCUT2D eigenvalue weighted by atomic mass is 10.1. The van der Waals surface area contributed by atoms with Gasteiger partial charge in [-0.3, -0.25) is 9.69 Å². The molecule has 2 rings (SSSR count). The van der Waals surface area contributed by atoms with Gasteiger partial charge in [0, 0.05) is 36.2 Å². The van der Waals surface area contributed by atoms with Crippen LogP contribution in [0.15, 0.2) is 22.7 Å². The van der Waals surface area contributed by atoms with Crippen molar-refractivity contribution in [1.82, 2.24) is 9.80 Å². The molecule has 1 fully saturated rings. The van der Waals surface area contributed by atoms with Gasteiger partial charge in [-0.2, -0.15) is 13.2 Å². The molecule has 21 heavy (non-hydrogen) atoms. The fraction of sp³-hybridized carbons (Fsp3) is 0.500. The van der Waals surface area contributed by atoms with Crippen LogP contribution in [-0.4, -0.2) is 54.6 Å². The van der Waals surface area contributed by atoms with E-state index in [1.165, 1.54) is 4.90 Å². The van der Waals surface area contributed by atoms with Gasteiger partial charge in [0.15, 0.2) is 0 Å². The number of carbonyl (C=O) groups excluding carboxylic acids is 1. The van der Waals surface area contributed by atoms with Crippen LogP contribution in [0.1, 0.15) is 15.9 Å². The van der Waals surface area contributed by atoms with E-state index in [4.69, 9.17) is 0 Å². The summed E-state index contributed by atoms with van der Waals surface area (Å²) >= 11 is 3.34. The fourth-order valence-corrected chi connectivity index (χ4v) is 3.01. The Morgan fingerprint density at radius 1 is 1.19 bits per heavy atom. The van der Waals surface area contributed by atoms with E-state index in [2.05, 4.69) is 15.9 Å². The van der Waals surface area contributed by atoms with Crippen LogP contribution in [0.25, 0.3) is 0 Å². The lowest BCUT2D eigenvalue weighted by molar-refractivity contribution is -0.148. The van der Waals surface area contributed by atoms with Crippen molar-refractivity contribution >= 4 is 21.8 Å². The summed E-state index contributed by atoms with van der Waals surface area (Å²) in [6.45, 7) is 2.12. The maximum absolute atomic E-state index is 12.4. The normalized spacial score (nSPS) is 17.1. The number of hydrogen-bond acceptors (Lipinski definition) is 2. The largest absolute Gasteiger partial charge is 0.401 e. The highest BCUT2D eigenvalue weighted by atomic mass is 79.9. The number of carbonyl (C=O) groups is 1. The van der Waals surface area contributed by atoms with Crippen LogP contribution in [-0.2, 0) is 0 Å². The first-order valence-electron chi connectivity index (χ1n) is 6.60. The molecule has 116 valence electrons. The minimum atomic E-state index is -4.19. The van der Waals surface area contributed by atoms with Gasteiger partial charge < -0.3 is 4.90 Å². The zero-order chi connectivity index (χ0) is 15.6. The predicted octanol–water partition coefficient (Wildman–Crippen LogP) is 3.08. The molecular formula is C14H16BrF3N2O. The molecule has 0 N–H and O–H groups in total. The van der Waals surface area contributed by atoms with Gasteiger partial charge in [0.2, 0.25) is 0 Å². The minimum Gasteiger partial charge on any atom is -0.336 e. The zero-order valence-electron chi connectivity index (χ0n) is 11.6. The van der Waals surface area contributed by atoms with E-state index in [-0.39, 0.29) is 19.0 Å². The minimum absolute atomic E-state index is 0.133. The molecule has 1 amide bonds. The van der Waals surface area contributed by atoms with Crippen LogP contribution in [0.2, 0.25) is 0 Å². The topological polar surface area (TPSA) is 23.6 Å². The highest BCUT2D eigenvalue weighted by molar-refractivity contribution is 9.10. The van der Waals surface area contributed by atoms with Gasteiger partial charge in [-0.15, -0.1) is 0 Å². The molecule has 0 spiro atoms. The van der Waals surface area contributed by atoms with E-state index < -0.39 is 12.7 Å². The average molecular weight is 365 g/mol. The third-order valence-corrected chi connectivity index (χ3v) is 3.81. The van der Waals surface area contributed by atoms with Crippen molar-refractivity contribution in [3.8, 4) is 0 Å². The Morgan fingerprint density at radius 2 is 1.81 bits per heavy atom. The smallest absolute Gasteiger partial charge is 0.336 e. The second kappa shape index (κ2) is 6.36. The summed E-state index contributed by atoms with van der Waals surface area (Å²) in [6.07, 6.45) is -4.19. The number of piperazine rings is 1. The summed E-state index contributed by atoms with van der Waals surface area (Å²) in [5.41, 5.74) is 1.52. The summed E-state index contributed by atoms with van der Waals surface area (Å²) in [5.74, 6) is -0.133. The van der Waals surface area contributed by atoms with Crippen LogP contribution in [0, 0.1) is 6.92 Å². The summed E-state index contributed by atoms with van der Waals surface area (Å²) in [6, 6.07) is 5.42. The van der Waals surface area contributed by atoms with E-state index in [9.17, 15) is 18.0 Å². The molecule has 1 aromatic rings. The molecule has 0 aromatic heterocycles. The summed E-state index contributed by atoms with van der Waals surface area (Å²) in [7, 11) is 0. The predicted molar refractivity (Wildman–Crippen MR) is 77.3 cm³/mol. The fourth-order valence-electron chi connectivity index (χ4n) is 2.41. The van der Waals surface area contributed by atoms with Crippen LogP contribution in [0.5, 0.6) is 0 Å². The second-order valence-electron chi connectivity index (χ2n) is 5.20. The van der Waals surface area contributed by atoms with Crippen molar-refractivity contribution in [3.63, 3.8) is 0 Å².